The predicted octanol–water partition coefficient (Wildman–Crippen LogP) is 2.73. The lowest BCUT2D eigenvalue weighted by Crippen LogP contribution is -2.12. The van der Waals surface area contributed by atoms with Crippen molar-refractivity contribution in [2.24, 2.45) is 5.92 Å². The highest BCUT2D eigenvalue weighted by Crippen LogP contribution is 2.31. The van der Waals surface area contributed by atoms with Crippen molar-refractivity contribution in [1.29, 1.82) is 0 Å². The summed E-state index contributed by atoms with van der Waals surface area (Å²) in [4.78, 5) is 8.83. The van der Waals surface area contributed by atoms with Crippen LogP contribution in [0.15, 0.2) is 12.4 Å². The van der Waals surface area contributed by atoms with E-state index in [-0.39, 0.29) is 5.41 Å². The van der Waals surface area contributed by atoms with E-state index in [2.05, 4.69) is 30.7 Å². The highest BCUT2D eigenvalue weighted by Gasteiger charge is 2.23. The summed E-state index contributed by atoms with van der Waals surface area (Å²) in [6.07, 6.45) is 7.76. The van der Waals surface area contributed by atoms with E-state index in [1.54, 1.807) is 0 Å². The number of rotatable bonds is 2. The maximum Gasteiger partial charge on any atom is 0.128 e. The van der Waals surface area contributed by atoms with Gasteiger partial charge in [0.25, 0.3) is 0 Å². The Morgan fingerprint density at radius 2 is 1.79 bits per heavy atom. The van der Waals surface area contributed by atoms with Crippen LogP contribution in [0.5, 0.6) is 0 Å². The summed E-state index contributed by atoms with van der Waals surface area (Å²) >= 11 is 0. The van der Waals surface area contributed by atoms with Gasteiger partial charge >= 0.3 is 0 Å². The summed E-state index contributed by atoms with van der Waals surface area (Å²) in [5, 5.41) is 0. The minimum absolute atomic E-state index is 0.165. The van der Waals surface area contributed by atoms with Crippen LogP contribution in [0.3, 0.4) is 0 Å². The lowest BCUT2D eigenvalue weighted by atomic mass is 9.89. The van der Waals surface area contributed by atoms with Gasteiger partial charge in [-0.2, -0.15) is 0 Å². The molecule has 0 N–H and O–H groups in total. The predicted molar refractivity (Wildman–Crippen MR) is 57.2 cm³/mol. The zero-order valence-electron chi connectivity index (χ0n) is 9.25. The van der Waals surface area contributed by atoms with E-state index in [4.69, 9.17) is 0 Å². The summed E-state index contributed by atoms with van der Waals surface area (Å²) in [7, 11) is 0. The van der Waals surface area contributed by atoms with Crippen molar-refractivity contribution >= 4 is 0 Å². The number of nitrogens with zero attached hydrogens (tertiary/aromatic N) is 2. The Morgan fingerprint density at radius 1 is 1.21 bits per heavy atom. The molecule has 0 bridgehead atoms. The summed E-state index contributed by atoms with van der Waals surface area (Å²) in [6, 6.07) is 0. The molecule has 2 nitrogen and oxygen atoms in total. The van der Waals surface area contributed by atoms with Crippen molar-refractivity contribution in [3.8, 4) is 0 Å². The first-order valence-corrected chi connectivity index (χ1v) is 5.37. The van der Waals surface area contributed by atoms with Gasteiger partial charge in [-0.25, -0.2) is 9.97 Å². The smallest absolute Gasteiger partial charge is 0.128 e. The normalized spacial score (nSPS) is 17.1. The van der Waals surface area contributed by atoms with Crippen molar-refractivity contribution in [3.05, 3.63) is 23.8 Å². The van der Waals surface area contributed by atoms with E-state index < -0.39 is 0 Å². The fraction of sp³-hybridized carbons (Fsp3) is 0.667. The Bertz CT molecular complexity index is 304. The van der Waals surface area contributed by atoms with Crippen LogP contribution >= 0.6 is 0 Å². The standard InChI is InChI=1S/C12H18N2/c1-12(2,3)10-7-13-11(14-8-10)6-9-4-5-9/h7-9H,4-6H2,1-3H3. The Labute approximate surface area is 85.8 Å². The van der Waals surface area contributed by atoms with Crippen LogP contribution in [0.4, 0.5) is 0 Å². The molecule has 1 aromatic heterocycles. The van der Waals surface area contributed by atoms with Gasteiger partial charge in [-0.1, -0.05) is 20.8 Å². The molecule has 0 radical (unpaired) electrons. The molecule has 2 rings (SSSR count). The van der Waals surface area contributed by atoms with Crippen LogP contribution in [-0.4, -0.2) is 9.97 Å². The molecule has 0 aliphatic heterocycles. The van der Waals surface area contributed by atoms with E-state index in [1.165, 1.54) is 18.4 Å². The highest BCUT2D eigenvalue weighted by atomic mass is 14.9. The SMILES string of the molecule is CC(C)(C)c1cnc(CC2CC2)nc1. The maximum absolute atomic E-state index is 4.41. The summed E-state index contributed by atoms with van der Waals surface area (Å²) in [5.41, 5.74) is 1.38. The van der Waals surface area contributed by atoms with Crippen molar-refractivity contribution < 1.29 is 0 Å². The van der Waals surface area contributed by atoms with E-state index in [9.17, 15) is 0 Å². The molecule has 1 heterocycles. The Morgan fingerprint density at radius 3 is 2.21 bits per heavy atom. The molecule has 1 saturated carbocycles. The summed E-state index contributed by atoms with van der Waals surface area (Å²) in [5.74, 6) is 1.89. The number of hydrogen-bond donors (Lipinski definition) is 0. The minimum Gasteiger partial charge on any atom is -0.241 e. The molecule has 0 saturated heterocycles. The second-order valence-electron chi connectivity index (χ2n) is 5.29. The van der Waals surface area contributed by atoms with Gasteiger partial charge in [-0.3, -0.25) is 0 Å². The first kappa shape index (κ1) is 9.63. The molecule has 0 atom stereocenters. The Kier molecular flexibility index (Phi) is 2.30. The zero-order valence-corrected chi connectivity index (χ0v) is 9.25. The van der Waals surface area contributed by atoms with Gasteiger partial charge in [0.1, 0.15) is 5.82 Å². The third-order valence-corrected chi connectivity index (χ3v) is 2.74. The molecule has 14 heavy (non-hydrogen) atoms. The van der Waals surface area contributed by atoms with Crippen molar-refractivity contribution in [2.45, 2.75) is 45.4 Å². The molecular weight excluding hydrogens is 172 g/mol. The molecule has 1 aromatic rings. The average Bonchev–Trinajstić information content (AvgIpc) is 2.88. The first-order chi connectivity index (χ1) is 6.55. The minimum atomic E-state index is 0.165. The van der Waals surface area contributed by atoms with Gasteiger partial charge in [-0.15, -0.1) is 0 Å². The lowest BCUT2D eigenvalue weighted by molar-refractivity contribution is 0.581. The van der Waals surface area contributed by atoms with E-state index in [0.29, 0.717) is 0 Å². The van der Waals surface area contributed by atoms with Crippen molar-refractivity contribution in [2.75, 3.05) is 0 Å². The second kappa shape index (κ2) is 3.34. The van der Waals surface area contributed by atoms with Gasteiger partial charge in [0.05, 0.1) is 0 Å². The summed E-state index contributed by atoms with van der Waals surface area (Å²) in [6.45, 7) is 6.56. The largest absolute Gasteiger partial charge is 0.241 e. The van der Waals surface area contributed by atoms with Crippen molar-refractivity contribution in [3.63, 3.8) is 0 Å². The van der Waals surface area contributed by atoms with Crippen molar-refractivity contribution in [1.82, 2.24) is 9.97 Å². The van der Waals surface area contributed by atoms with Gasteiger partial charge in [0.2, 0.25) is 0 Å². The molecule has 0 aromatic carbocycles. The third kappa shape index (κ3) is 2.31. The Balaban J connectivity index is 2.08. The molecule has 1 aliphatic rings. The fourth-order valence-electron chi connectivity index (χ4n) is 1.43. The van der Waals surface area contributed by atoms with E-state index >= 15 is 0 Å². The van der Waals surface area contributed by atoms with E-state index in [1.807, 2.05) is 12.4 Å². The van der Waals surface area contributed by atoms with Gasteiger partial charge in [-0.05, 0) is 29.7 Å². The van der Waals surface area contributed by atoms with Crippen LogP contribution in [-0.2, 0) is 11.8 Å². The quantitative estimate of drug-likeness (QED) is 0.716. The molecule has 0 unspecified atom stereocenters. The van der Waals surface area contributed by atoms with Crippen LogP contribution in [0.2, 0.25) is 0 Å². The average molecular weight is 190 g/mol. The van der Waals surface area contributed by atoms with Gasteiger partial charge in [0, 0.05) is 18.8 Å². The Hall–Kier alpha value is -0.920. The molecular formula is C12H18N2. The fourth-order valence-corrected chi connectivity index (χ4v) is 1.43. The molecule has 0 amide bonds. The van der Waals surface area contributed by atoms with E-state index in [0.717, 1.165) is 18.2 Å². The van der Waals surface area contributed by atoms with Gasteiger partial charge in [0.15, 0.2) is 0 Å². The monoisotopic (exact) mass is 190 g/mol. The topological polar surface area (TPSA) is 25.8 Å². The zero-order chi connectivity index (χ0) is 10.2. The molecule has 1 fully saturated rings. The number of aromatic nitrogens is 2. The van der Waals surface area contributed by atoms with Crippen LogP contribution < -0.4 is 0 Å². The highest BCUT2D eigenvalue weighted by molar-refractivity contribution is 5.15. The second-order valence-corrected chi connectivity index (χ2v) is 5.29. The molecule has 2 heteroatoms. The third-order valence-electron chi connectivity index (χ3n) is 2.74. The number of hydrogen-bond acceptors (Lipinski definition) is 2. The van der Waals surface area contributed by atoms with Crippen LogP contribution in [0.1, 0.15) is 45.0 Å². The van der Waals surface area contributed by atoms with Gasteiger partial charge < -0.3 is 0 Å². The molecule has 0 spiro atoms. The lowest BCUT2D eigenvalue weighted by Gasteiger charge is -2.17. The first-order valence-electron chi connectivity index (χ1n) is 5.37. The molecule has 1 aliphatic carbocycles. The maximum atomic E-state index is 4.41. The van der Waals surface area contributed by atoms with Crippen LogP contribution in [0.25, 0.3) is 0 Å². The molecule has 76 valence electrons. The van der Waals surface area contributed by atoms with Crippen LogP contribution in [0, 0.1) is 5.92 Å². The summed E-state index contributed by atoms with van der Waals surface area (Å²) < 4.78 is 0.